The van der Waals surface area contributed by atoms with Gasteiger partial charge in [0, 0.05) is 22.7 Å². The zero-order chi connectivity index (χ0) is 23.0. The Balaban J connectivity index is 1.43. The van der Waals surface area contributed by atoms with Crippen LogP contribution in [0.25, 0.3) is 0 Å². The summed E-state index contributed by atoms with van der Waals surface area (Å²) in [4.78, 5) is 15.6. The molecule has 2 aliphatic rings. The highest BCUT2D eigenvalue weighted by Crippen LogP contribution is 2.57. The molecular formula is C18H20Cl2N3O8P. The molecule has 3 heterocycles. The van der Waals surface area contributed by atoms with E-state index in [-0.39, 0.29) is 12.4 Å². The van der Waals surface area contributed by atoms with Crippen molar-refractivity contribution in [3.05, 3.63) is 56.6 Å². The zero-order valence-electron chi connectivity index (χ0n) is 16.4. The Bertz CT molecular complexity index is 1080. The van der Waals surface area contributed by atoms with Gasteiger partial charge in [-0.3, -0.25) is 18.1 Å². The van der Waals surface area contributed by atoms with Gasteiger partial charge in [-0.1, -0.05) is 23.2 Å². The number of rotatable bonds is 5. The van der Waals surface area contributed by atoms with Gasteiger partial charge in [-0.05, 0) is 29.8 Å². The number of aromatic nitrogens is 2. The molecule has 2 saturated heterocycles. The second-order valence-electron chi connectivity index (χ2n) is 7.25. The van der Waals surface area contributed by atoms with Crippen molar-refractivity contribution in [2.75, 3.05) is 18.9 Å². The van der Waals surface area contributed by atoms with Gasteiger partial charge < -0.3 is 20.7 Å². The summed E-state index contributed by atoms with van der Waals surface area (Å²) in [6.07, 6.45) is -4.25. The minimum atomic E-state index is -4.03. The van der Waals surface area contributed by atoms with E-state index in [9.17, 15) is 19.6 Å². The van der Waals surface area contributed by atoms with E-state index in [1.54, 1.807) is 18.2 Å². The van der Waals surface area contributed by atoms with Gasteiger partial charge in [0.25, 0.3) is 0 Å². The van der Waals surface area contributed by atoms with Crippen LogP contribution in [-0.2, 0) is 22.9 Å². The summed E-state index contributed by atoms with van der Waals surface area (Å²) < 4.78 is 35.6. The Morgan fingerprint density at radius 2 is 1.97 bits per heavy atom. The molecule has 0 aliphatic carbocycles. The van der Waals surface area contributed by atoms with Gasteiger partial charge in [-0.15, -0.1) is 0 Å². The number of nitrogens with two attached hydrogens (primary N) is 1. The van der Waals surface area contributed by atoms with E-state index in [1.807, 2.05) is 0 Å². The van der Waals surface area contributed by atoms with Gasteiger partial charge in [0.05, 0.1) is 19.3 Å². The van der Waals surface area contributed by atoms with Crippen molar-refractivity contribution in [1.82, 2.24) is 9.55 Å². The number of anilines is 1. The molecule has 4 rings (SSSR count). The summed E-state index contributed by atoms with van der Waals surface area (Å²) in [5, 5.41) is 21.4. The molecule has 1 unspecified atom stereocenters. The first-order valence-corrected chi connectivity index (χ1v) is 11.8. The van der Waals surface area contributed by atoms with E-state index in [4.69, 9.17) is 47.2 Å². The lowest BCUT2D eigenvalue weighted by molar-refractivity contribution is -0.0609. The first-order chi connectivity index (χ1) is 15.1. The van der Waals surface area contributed by atoms with E-state index in [1.165, 1.54) is 12.3 Å². The summed E-state index contributed by atoms with van der Waals surface area (Å²) in [5.74, 6) is -0.000550. The second-order valence-corrected chi connectivity index (χ2v) is 9.74. The number of nitrogen functional groups attached to an aromatic ring is 1. The lowest BCUT2D eigenvalue weighted by Gasteiger charge is -2.30. The summed E-state index contributed by atoms with van der Waals surface area (Å²) in [5.41, 5.74) is 5.30. The number of aliphatic hydroxyl groups excluding tert-OH is 2. The molecule has 0 saturated carbocycles. The van der Waals surface area contributed by atoms with Gasteiger partial charge in [-0.25, -0.2) is 9.36 Å². The molecule has 14 heteroatoms. The molecule has 174 valence electrons. The molecule has 2 aromatic rings. The topological polar surface area (TPSA) is 155 Å². The van der Waals surface area contributed by atoms with Crippen LogP contribution >= 0.6 is 31.0 Å². The maximum absolute atomic E-state index is 13.0. The van der Waals surface area contributed by atoms with Crippen LogP contribution in [0.3, 0.4) is 0 Å². The number of ether oxygens (including phenoxy) is 1. The third kappa shape index (κ3) is 5.01. The van der Waals surface area contributed by atoms with E-state index >= 15 is 0 Å². The van der Waals surface area contributed by atoms with Crippen molar-refractivity contribution in [3.63, 3.8) is 0 Å². The Morgan fingerprint density at radius 3 is 2.66 bits per heavy atom. The Hall–Kier alpha value is -1.53. The summed E-state index contributed by atoms with van der Waals surface area (Å²) >= 11 is 12.1. The van der Waals surface area contributed by atoms with E-state index in [0.717, 1.165) is 4.57 Å². The Labute approximate surface area is 192 Å². The fourth-order valence-electron chi connectivity index (χ4n) is 3.45. The maximum atomic E-state index is 13.0. The number of halogens is 2. The molecule has 1 aromatic carbocycles. The highest BCUT2D eigenvalue weighted by molar-refractivity contribution is 7.48. The van der Waals surface area contributed by atoms with Crippen LogP contribution in [0.4, 0.5) is 5.82 Å². The first kappa shape index (κ1) is 23.6. The summed E-state index contributed by atoms with van der Waals surface area (Å²) in [7, 11) is -4.03. The predicted octanol–water partition coefficient (Wildman–Crippen LogP) is 2.05. The van der Waals surface area contributed by atoms with Crippen LogP contribution in [0.1, 0.15) is 24.3 Å². The third-order valence-electron chi connectivity index (χ3n) is 5.00. The number of phosphoric ester groups is 1. The molecule has 0 radical (unpaired) electrons. The quantitative estimate of drug-likeness (QED) is 0.511. The number of nitrogens with zero attached hydrogens (tertiary/aromatic N) is 2. The monoisotopic (exact) mass is 507 g/mol. The Morgan fingerprint density at radius 1 is 1.25 bits per heavy atom. The van der Waals surface area contributed by atoms with Gasteiger partial charge in [0.15, 0.2) is 6.23 Å². The zero-order valence-corrected chi connectivity index (χ0v) is 18.8. The standard InChI is InChI=1S/C18H20Cl2N3O8P/c19-10-5-9(6-11(20)7-10)12-2-4-28-32(27,31-12)29-8-13-15(24)16(25)17(30-13)23-3-1-14(21)22-18(23)26/h1,3,5-7,12-13,15-17,24-25H,2,4,8H2,(H2,21,22,26)/t12-,13-,15-,16+,17-,32?/m1/s1. The van der Waals surface area contributed by atoms with Gasteiger partial charge in [0.2, 0.25) is 0 Å². The van der Waals surface area contributed by atoms with Gasteiger partial charge >= 0.3 is 13.5 Å². The van der Waals surface area contributed by atoms with Crippen molar-refractivity contribution in [3.8, 4) is 0 Å². The average molecular weight is 508 g/mol. The highest BCUT2D eigenvalue weighted by atomic mass is 35.5. The van der Waals surface area contributed by atoms with Crippen molar-refractivity contribution >= 4 is 36.8 Å². The molecule has 11 nitrogen and oxygen atoms in total. The molecule has 0 amide bonds. The molecule has 4 N–H and O–H groups in total. The SMILES string of the molecule is Nc1ccn([C@@H]2O[C@H](COP3(=O)OCC[C@H](c4cc(Cl)cc(Cl)c4)O3)[C@@H](O)[C@@H]2O)c(=O)n1. The van der Waals surface area contributed by atoms with Crippen LogP contribution < -0.4 is 11.4 Å². The molecule has 0 spiro atoms. The van der Waals surface area contributed by atoms with Crippen LogP contribution in [0.5, 0.6) is 0 Å². The maximum Gasteiger partial charge on any atom is 0.475 e. The average Bonchev–Trinajstić information content (AvgIpc) is 3.00. The van der Waals surface area contributed by atoms with Gasteiger partial charge in [-0.2, -0.15) is 4.98 Å². The smallest absolute Gasteiger partial charge is 0.387 e. The van der Waals surface area contributed by atoms with Crippen LogP contribution in [0, 0.1) is 0 Å². The number of benzene rings is 1. The van der Waals surface area contributed by atoms with E-state index in [0.29, 0.717) is 22.0 Å². The third-order valence-corrected chi connectivity index (χ3v) is 6.92. The first-order valence-electron chi connectivity index (χ1n) is 9.55. The fourth-order valence-corrected chi connectivity index (χ4v) is 5.38. The lowest BCUT2D eigenvalue weighted by atomic mass is 10.1. The Kier molecular flexibility index (Phi) is 6.92. The molecule has 2 fully saturated rings. The second kappa shape index (κ2) is 9.38. The van der Waals surface area contributed by atoms with Crippen LogP contribution in [0.2, 0.25) is 10.0 Å². The van der Waals surface area contributed by atoms with Crippen LogP contribution in [-0.4, -0.2) is 51.3 Å². The molecule has 0 bridgehead atoms. The fraction of sp³-hybridized carbons (Fsp3) is 0.444. The summed E-state index contributed by atoms with van der Waals surface area (Å²) in [6.45, 7) is -0.357. The molecule has 2 aliphatic heterocycles. The normalized spacial score (nSPS) is 32.8. The largest absolute Gasteiger partial charge is 0.475 e. The van der Waals surface area contributed by atoms with Gasteiger partial charge in [0.1, 0.15) is 24.1 Å². The van der Waals surface area contributed by atoms with Crippen molar-refractivity contribution < 1.29 is 33.1 Å². The molecule has 6 atom stereocenters. The van der Waals surface area contributed by atoms with Crippen molar-refractivity contribution in [1.29, 1.82) is 0 Å². The van der Waals surface area contributed by atoms with E-state index < -0.39 is 50.8 Å². The van der Waals surface area contributed by atoms with Crippen LogP contribution in [0.15, 0.2) is 35.3 Å². The minimum Gasteiger partial charge on any atom is -0.387 e. The minimum absolute atomic E-state index is 0.000550. The number of aliphatic hydroxyl groups is 2. The predicted molar refractivity (Wildman–Crippen MR) is 113 cm³/mol. The van der Waals surface area contributed by atoms with Crippen molar-refractivity contribution in [2.24, 2.45) is 0 Å². The van der Waals surface area contributed by atoms with E-state index in [2.05, 4.69) is 4.98 Å². The molecule has 1 aromatic heterocycles. The summed E-state index contributed by atoms with van der Waals surface area (Å²) in [6, 6.07) is 6.18. The highest BCUT2D eigenvalue weighted by Gasteiger charge is 2.46. The molecular weight excluding hydrogens is 488 g/mol. The lowest BCUT2D eigenvalue weighted by Crippen LogP contribution is -2.36. The number of hydrogen-bond donors (Lipinski definition) is 3. The number of phosphoric acid groups is 1. The molecule has 32 heavy (non-hydrogen) atoms. The number of hydrogen-bond acceptors (Lipinski definition) is 10. The van der Waals surface area contributed by atoms with Crippen molar-refractivity contribution in [2.45, 2.75) is 37.1 Å².